The third-order valence-electron chi connectivity index (χ3n) is 8.03. The van der Waals surface area contributed by atoms with Crippen LogP contribution < -0.4 is 10.6 Å². The molecule has 12 heteroatoms. The molecule has 0 unspecified atom stereocenters. The Hall–Kier alpha value is -4.68. The molecule has 2 aromatic carbocycles. The first-order chi connectivity index (χ1) is 21.2. The maximum absolute atomic E-state index is 12.2. The largest absolute Gasteiger partial charge is 0.451 e. The average molecular weight is 598 g/mol. The van der Waals surface area contributed by atoms with Gasteiger partial charge in [0.15, 0.2) is 0 Å². The zero-order chi connectivity index (χ0) is 30.8. The molecule has 2 aliphatic rings. The molecule has 4 aromatic rings. The molecule has 2 aromatic heterocycles. The van der Waals surface area contributed by atoms with Crippen LogP contribution in [-0.2, 0) is 15.1 Å². The number of anilines is 3. The Balaban J connectivity index is 1.29. The lowest BCUT2D eigenvalue weighted by atomic mass is 9.95. The van der Waals surface area contributed by atoms with Gasteiger partial charge in [-0.05, 0) is 70.5 Å². The highest BCUT2D eigenvalue weighted by molar-refractivity contribution is 5.95. The van der Waals surface area contributed by atoms with Crippen LogP contribution in [0.3, 0.4) is 0 Å². The topological polar surface area (TPSA) is 156 Å². The Kier molecular flexibility index (Phi) is 8.11. The number of rotatable bonds is 10. The lowest BCUT2D eigenvalue weighted by molar-refractivity contribution is -0.118. The summed E-state index contributed by atoms with van der Waals surface area (Å²) in [5.41, 5.74) is 2.62. The van der Waals surface area contributed by atoms with Crippen LogP contribution in [0, 0.1) is 0 Å². The van der Waals surface area contributed by atoms with E-state index in [4.69, 9.17) is 14.1 Å². The van der Waals surface area contributed by atoms with Gasteiger partial charge < -0.3 is 24.9 Å². The van der Waals surface area contributed by atoms with Crippen molar-refractivity contribution in [1.29, 1.82) is 0 Å². The Labute approximate surface area is 254 Å². The van der Waals surface area contributed by atoms with Gasteiger partial charge in [-0.2, -0.15) is 4.98 Å². The molecule has 3 N–H and O–H groups in total. The van der Waals surface area contributed by atoms with E-state index in [-0.39, 0.29) is 30.2 Å². The van der Waals surface area contributed by atoms with E-state index in [0.29, 0.717) is 41.0 Å². The molecule has 0 saturated carbocycles. The number of fused-ring (bicyclic) bond motifs is 1. The van der Waals surface area contributed by atoms with E-state index in [2.05, 4.69) is 30.7 Å². The minimum atomic E-state index is -0.745. The van der Waals surface area contributed by atoms with E-state index in [1.807, 2.05) is 50.2 Å². The number of cyclic esters (lactones) is 1. The van der Waals surface area contributed by atoms with Crippen molar-refractivity contribution in [2.24, 2.45) is 0 Å². The lowest BCUT2D eigenvalue weighted by Gasteiger charge is -2.29. The summed E-state index contributed by atoms with van der Waals surface area (Å²) < 4.78 is 11.7. The van der Waals surface area contributed by atoms with Crippen molar-refractivity contribution in [2.45, 2.75) is 51.2 Å². The van der Waals surface area contributed by atoms with Gasteiger partial charge in [0.1, 0.15) is 17.2 Å². The van der Waals surface area contributed by atoms with Crippen LogP contribution in [0.2, 0.25) is 0 Å². The standard InChI is InChI=1S/C32H35N7O5/c1-19(41)17-39-13-11-21(12-14-39)28-37-38-29(43-28)24-16-33-31(36-27(24)35-26(18-40)20-7-5-4-6-8-20)34-22-9-10-23-25(15-22)32(2,3)44-30(23)42/h4-10,15-16,21,26,40H,11-14,17-18H2,1-3H3,(H2,33,34,35,36)/t26-/m1/s1. The average Bonchev–Trinajstić information content (AvgIpc) is 3.58. The molecular formula is C32H35N7O5. The molecule has 0 aliphatic carbocycles. The first-order valence-electron chi connectivity index (χ1n) is 14.7. The third-order valence-corrected chi connectivity index (χ3v) is 8.03. The first-order valence-corrected chi connectivity index (χ1v) is 14.7. The Morgan fingerprint density at radius 1 is 1.11 bits per heavy atom. The lowest BCUT2D eigenvalue weighted by Crippen LogP contribution is -2.36. The molecule has 0 amide bonds. The minimum absolute atomic E-state index is 0.0900. The fourth-order valence-corrected chi connectivity index (χ4v) is 5.72. The highest BCUT2D eigenvalue weighted by Crippen LogP contribution is 2.38. The van der Waals surface area contributed by atoms with Gasteiger partial charge in [0, 0.05) is 23.4 Å². The van der Waals surface area contributed by atoms with Crippen molar-refractivity contribution < 1.29 is 23.8 Å². The second kappa shape index (κ2) is 12.1. The van der Waals surface area contributed by atoms with Crippen molar-refractivity contribution >= 4 is 29.2 Å². The number of aliphatic hydroxyl groups excluding tert-OH is 1. The molecule has 6 rings (SSSR count). The van der Waals surface area contributed by atoms with Crippen molar-refractivity contribution in [3.8, 4) is 11.5 Å². The summed E-state index contributed by atoms with van der Waals surface area (Å²) in [4.78, 5) is 35.2. The second-order valence-electron chi connectivity index (χ2n) is 11.7. The van der Waals surface area contributed by atoms with Gasteiger partial charge in [-0.3, -0.25) is 9.69 Å². The molecule has 228 valence electrons. The number of carbonyl (C=O) groups excluding carboxylic acids is 2. The summed E-state index contributed by atoms with van der Waals surface area (Å²) in [6, 6.07) is 14.5. The maximum atomic E-state index is 12.2. The number of aliphatic hydroxyl groups is 1. The predicted molar refractivity (Wildman–Crippen MR) is 162 cm³/mol. The van der Waals surface area contributed by atoms with Crippen LogP contribution in [0.15, 0.2) is 59.1 Å². The van der Waals surface area contributed by atoms with E-state index in [0.717, 1.165) is 37.1 Å². The van der Waals surface area contributed by atoms with Crippen molar-refractivity contribution in [2.75, 3.05) is 36.9 Å². The summed E-state index contributed by atoms with van der Waals surface area (Å²) >= 11 is 0. The number of piperidine rings is 1. The van der Waals surface area contributed by atoms with Gasteiger partial charge in [0.2, 0.25) is 11.8 Å². The van der Waals surface area contributed by atoms with E-state index in [1.165, 1.54) is 0 Å². The number of likely N-dealkylation sites (tertiary alicyclic amines) is 1. The molecule has 0 bridgehead atoms. The monoisotopic (exact) mass is 597 g/mol. The number of hydrogen-bond acceptors (Lipinski definition) is 12. The van der Waals surface area contributed by atoms with Crippen molar-refractivity contribution in [3.63, 3.8) is 0 Å². The number of ketones is 1. The normalized spacial score (nSPS) is 17.1. The molecule has 0 radical (unpaired) electrons. The highest BCUT2D eigenvalue weighted by atomic mass is 16.6. The van der Waals surface area contributed by atoms with Crippen molar-refractivity contribution in [1.82, 2.24) is 25.1 Å². The van der Waals surface area contributed by atoms with Gasteiger partial charge >= 0.3 is 5.97 Å². The Bertz CT molecular complexity index is 1660. The number of nitrogens with one attached hydrogen (secondary N) is 2. The number of ether oxygens (including phenoxy) is 1. The van der Waals surface area contributed by atoms with Crippen LogP contribution in [-0.4, -0.2) is 68.2 Å². The molecule has 1 saturated heterocycles. The number of esters is 1. The predicted octanol–water partition coefficient (Wildman–Crippen LogP) is 4.59. The smallest absolute Gasteiger partial charge is 0.339 e. The number of Topliss-reactive ketones (excluding diaryl/α,β-unsaturated/α-hetero) is 1. The summed E-state index contributed by atoms with van der Waals surface area (Å²) in [6.07, 6.45) is 3.23. The molecule has 2 aliphatic heterocycles. The van der Waals surface area contributed by atoms with Crippen LogP contribution in [0.1, 0.15) is 72.9 Å². The number of aromatic nitrogens is 4. The van der Waals surface area contributed by atoms with E-state index < -0.39 is 11.6 Å². The number of carbonyl (C=O) groups is 2. The van der Waals surface area contributed by atoms with Gasteiger partial charge in [-0.1, -0.05) is 30.3 Å². The van der Waals surface area contributed by atoms with Gasteiger partial charge in [-0.25, -0.2) is 9.78 Å². The number of benzene rings is 2. The maximum Gasteiger partial charge on any atom is 0.339 e. The molecule has 1 fully saturated rings. The van der Waals surface area contributed by atoms with E-state index >= 15 is 0 Å². The molecule has 0 spiro atoms. The SMILES string of the molecule is CC(=O)CN1CCC(c2nnc(-c3cnc(Nc4ccc5c(c4)C(C)(C)OC5=O)nc3N[C@H](CO)c3ccccc3)o2)CC1. The summed E-state index contributed by atoms with van der Waals surface area (Å²) in [5.74, 6) is 1.39. The molecule has 4 heterocycles. The van der Waals surface area contributed by atoms with Crippen LogP contribution >= 0.6 is 0 Å². The second-order valence-corrected chi connectivity index (χ2v) is 11.7. The van der Waals surface area contributed by atoms with Gasteiger partial charge in [0.05, 0.1) is 30.3 Å². The first kappa shape index (κ1) is 29.4. The number of nitrogens with zero attached hydrogens (tertiary/aromatic N) is 5. The van der Waals surface area contributed by atoms with Gasteiger partial charge in [-0.15, -0.1) is 10.2 Å². The molecule has 1 atom stereocenters. The van der Waals surface area contributed by atoms with Crippen LogP contribution in [0.5, 0.6) is 0 Å². The summed E-state index contributed by atoms with van der Waals surface area (Å²) in [5, 5.41) is 25.5. The van der Waals surface area contributed by atoms with Crippen LogP contribution in [0.25, 0.3) is 11.5 Å². The summed E-state index contributed by atoms with van der Waals surface area (Å²) in [6.45, 7) is 7.14. The minimum Gasteiger partial charge on any atom is -0.451 e. The van der Waals surface area contributed by atoms with E-state index in [1.54, 1.807) is 25.3 Å². The van der Waals surface area contributed by atoms with Crippen LogP contribution in [0.4, 0.5) is 17.5 Å². The Morgan fingerprint density at radius 3 is 2.61 bits per heavy atom. The van der Waals surface area contributed by atoms with Crippen molar-refractivity contribution in [3.05, 3.63) is 77.3 Å². The third kappa shape index (κ3) is 6.17. The summed E-state index contributed by atoms with van der Waals surface area (Å²) in [7, 11) is 0. The highest BCUT2D eigenvalue weighted by Gasteiger charge is 2.37. The fourth-order valence-electron chi connectivity index (χ4n) is 5.72. The van der Waals surface area contributed by atoms with Gasteiger partial charge in [0.25, 0.3) is 5.89 Å². The quantitative estimate of drug-likeness (QED) is 0.219. The number of hydrogen-bond donors (Lipinski definition) is 3. The molecular weight excluding hydrogens is 562 g/mol. The van der Waals surface area contributed by atoms with E-state index in [9.17, 15) is 14.7 Å². The fraction of sp³-hybridized carbons (Fsp3) is 0.375. The Morgan fingerprint density at radius 2 is 1.89 bits per heavy atom. The molecule has 12 nitrogen and oxygen atoms in total. The zero-order valence-electron chi connectivity index (χ0n) is 24.9. The zero-order valence-corrected chi connectivity index (χ0v) is 24.9. The molecule has 44 heavy (non-hydrogen) atoms.